The monoisotopic (exact) mass is 548 g/mol. The molecule has 1 saturated carbocycles. The minimum atomic E-state index is -0.499. The number of nitrogens with one attached hydrogen (secondary N) is 1. The summed E-state index contributed by atoms with van der Waals surface area (Å²) in [6.45, 7) is 0.639. The molecule has 2 aliphatic rings. The van der Waals surface area contributed by atoms with Gasteiger partial charge in [-0.15, -0.1) is 0 Å². The molecule has 4 nitrogen and oxygen atoms in total. The number of methoxy groups -OCH3 is 1. The predicted molar refractivity (Wildman–Crippen MR) is 141 cm³/mol. The summed E-state index contributed by atoms with van der Waals surface area (Å²) in [6, 6.07) is 24.2. The van der Waals surface area contributed by atoms with Gasteiger partial charge in [0.2, 0.25) is 5.91 Å². The highest BCUT2D eigenvalue weighted by Gasteiger charge is 2.57. The fraction of sp³-hybridized carbons (Fsp3) is 0.310. The Bertz CT molecular complexity index is 1290. The summed E-state index contributed by atoms with van der Waals surface area (Å²) in [5.74, 6) is 1.29. The van der Waals surface area contributed by atoms with E-state index in [4.69, 9.17) is 16.3 Å². The lowest BCUT2D eigenvalue weighted by atomic mass is 9.55. The summed E-state index contributed by atoms with van der Waals surface area (Å²) in [5, 5.41) is 13.1. The number of rotatable bonds is 5. The van der Waals surface area contributed by atoms with Gasteiger partial charge in [-0.05, 0) is 90.1 Å². The number of carbonyl (C=O) groups excluding carboxylic acids is 1. The van der Waals surface area contributed by atoms with E-state index in [-0.39, 0.29) is 23.7 Å². The molecule has 0 aromatic heterocycles. The fourth-order valence-electron chi connectivity index (χ4n) is 6.18. The number of carbonyl (C=O) groups is 1. The van der Waals surface area contributed by atoms with E-state index in [2.05, 4.69) is 57.6 Å². The molecule has 5 rings (SSSR count). The Balaban J connectivity index is 1.58. The van der Waals surface area contributed by atoms with Crippen molar-refractivity contribution in [1.29, 1.82) is 5.26 Å². The molecule has 4 unspecified atom stereocenters. The minimum absolute atomic E-state index is 0.115. The zero-order valence-corrected chi connectivity index (χ0v) is 21.8. The SMILES string of the molecule is COc1ccc(C2CCC3(Cc4ccc(C#N)cc4)C(=O)NCC3C2c2ccc(Br)cc2)c(Cl)c1. The van der Waals surface area contributed by atoms with Gasteiger partial charge in [0, 0.05) is 16.0 Å². The lowest BCUT2D eigenvalue weighted by molar-refractivity contribution is -0.131. The van der Waals surface area contributed by atoms with Crippen molar-refractivity contribution in [2.75, 3.05) is 13.7 Å². The summed E-state index contributed by atoms with van der Waals surface area (Å²) in [6.07, 6.45) is 2.29. The average molecular weight is 550 g/mol. The van der Waals surface area contributed by atoms with Gasteiger partial charge in [0.05, 0.1) is 24.2 Å². The van der Waals surface area contributed by atoms with Gasteiger partial charge in [0.1, 0.15) is 5.75 Å². The van der Waals surface area contributed by atoms with Crippen LogP contribution in [-0.2, 0) is 11.2 Å². The number of ether oxygens (including phenoxy) is 1. The van der Waals surface area contributed by atoms with Gasteiger partial charge in [-0.3, -0.25) is 4.79 Å². The third-order valence-electron chi connectivity index (χ3n) is 7.88. The highest BCUT2D eigenvalue weighted by Crippen LogP contribution is 2.58. The van der Waals surface area contributed by atoms with E-state index in [1.807, 2.05) is 36.4 Å². The summed E-state index contributed by atoms with van der Waals surface area (Å²) in [7, 11) is 1.64. The second-order valence-corrected chi connectivity index (χ2v) is 10.9. The first kappa shape index (κ1) is 23.9. The van der Waals surface area contributed by atoms with Gasteiger partial charge < -0.3 is 10.1 Å². The fourth-order valence-corrected chi connectivity index (χ4v) is 6.76. The number of amides is 1. The Labute approximate surface area is 219 Å². The number of hydrogen-bond acceptors (Lipinski definition) is 3. The molecule has 1 saturated heterocycles. The van der Waals surface area contributed by atoms with Crippen molar-refractivity contribution < 1.29 is 9.53 Å². The van der Waals surface area contributed by atoms with E-state index in [0.717, 1.165) is 34.2 Å². The summed E-state index contributed by atoms with van der Waals surface area (Å²) in [4.78, 5) is 13.5. The lowest BCUT2D eigenvalue weighted by Gasteiger charge is -2.47. The van der Waals surface area contributed by atoms with Gasteiger partial charge in [0.15, 0.2) is 0 Å². The molecule has 4 atom stereocenters. The molecule has 1 aliphatic carbocycles. The zero-order valence-electron chi connectivity index (χ0n) is 19.4. The van der Waals surface area contributed by atoms with Gasteiger partial charge in [-0.2, -0.15) is 5.26 Å². The second-order valence-electron chi connectivity index (χ2n) is 9.57. The molecule has 6 heteroatoms. The molecule has 1 N–H and O–H groups in total. The molecule has 3 aromatic rings. The highest BCUT2D eigenvalue weighted by atomic mass is 79.9. The maximum Gasteiger partial charge on any atom is 0.226 e. The quantitative estimate of drug-likeness (QED) is 0.389. The molecular formula is C29H26BrClN2O2. The van der Waals surface area contributed by atoms with Crippen LogP contribution < -0.4 is 10.1 Å². The normalized spacial score (nSPS) is 25.4. The molecule has 0 spiro atoms. The number of hydrogen-bond donors (Lipinski definition) is 1. The number of halogens is 2. The first-order chi connectivity index (χ1) is 16.9. The second kappa shape index (κ2) is 9.68. The topological polar surface area (TPSA) is 62.1 Å². The molecule has 3 aromatic carbocycles. The lowest BCUT2D eigenvalue weighted by Crippen LogP contribution is -2.44. The maximum atomic E-state index is 13.5. The van der Waals surface area contributed by atoms with E-state index in [9.17, 15) is 10.1 Å². The van der Waals surface area contributed by atoms with Crippen LogP contribution in [0.25, 0.3) is 0 Å². The number of fused-ring (bicyclic) bond motifs is 1. The molecule has 1 amide bonds. The number of nitrogens with zero attached hydrogens (tertiary/aromatic N) is 1. The molecular weight excluding hydrogens is 524 g/mol. The first-order valence-corrected chi connectivity index (χ1v) is 13.0. The zero-order chi connectivity index (χ0) is 24.6. The van der Waals surface area contributed by atoms with Crippen LogP contribution in [0.5, 0.6) is 5.75 Å². The molecule has 1 heterocycles. The maximum absolute atomic E-state index is 13.5. The Morgan fingerprint density at radius 1 is 1.14 bits per heavy atom. The van der Waals surface area contributed by atoms with E-state index in [1.165, 1.54) is 5.56 Å². The highest BCUT2D eigenvalue weighted by molar-refractivity contribution is 9.10. The molecule has 0 bridgehead atoms. The largest absolute Gasteiger partial charge is 0.497 e. The van der Waals surface area contributed by atoms with Crippen LogP contribution in [0.1, 0.15) is 46.9 Å². The van der Waals surface area contributed by atoms with Crippen LogP contribution in [0.4, 0.5) is 0 Å². The Kier molecular flexibility index (Phi) is 6.61. The van der Waals surface area contributed by atoms with E-state index in [1.54, 1.807) is 7.11 Å². The summed E-state index contributed by atoms with van der Waals surface area (Å²) in [5.41, 5.74) is 3.54. The molecule has 178 valence electrons. The third kappa shape index (κ3) is 4.35. The van der Waals surface area contributed by atoms with Gasteiger partial charge in [0.25, 0.3) is 0 Å². The summed E-state index contributed by atoms with van der Waals surface area (Å²) < 4.78 is 6.41. The molecule has 0 radical (unpaired) electrons. The third-order valence-corrected chi connectivity index (χ3v) is 8.73. The van der Waals surface area contributed by atoms with Crippen molar-refractivity contribution >= 4 is 33.4 Å². The van der Waals surface area contributed by atoms with Crippen LogP contribution in [0, 0.1) is 22.7 Å². The Morgan fingerprint density at radius 3 is 2.54 bits per heavy atom. The predicted octanol–water partition coefficient (Wildman–Crippen LogP) is 6.62. The van der Waals surface area contributed by atoms with E-state index >= 15 is 0 Å². The smallest absolute Gasteiger partial charge is 0.226 e. The number of benzene rings is 3. The number of nitriles is 1. The van der Waals surface area contributed by atoms with Crippen molar-refractivity contribution in [2.24, 2.45) is 11.3 Å². The molecule has 1 aliphatic heterocycles. The Hall–Kier alpha value is -2.81. The van der Waals surface area contributed by atoms with Crippen LogP contribution in [0.2, 0.25) is 5.02 Å². The minimum Gasteiger partial charge on any atom is -0.497 e. The van der Waals surface area contributed by atoms with Gasteiger partial charge in [-0.1, -0.05) is 57.9 Å². The van der Waals surface area contributed by atoms with Crippen molar-refractivity contribution in [1.82, 2.24) is 5.32 Å². The van der Waals surface area contributed by atoms with Crippen molar-refractivity contribution in [3.63, 3.8) is 0 Å². The van der Waals surface area contributed by atoms with E-state index < -0.39 is 5.41 Å². The van der Waals surface area contributed by atoms with Crippen molar-refractivity contribution in [2.45, 2.75) is 31.1 Å². The van der Waals surface area contributed by atoms with Crippen LogP contribution in [0.15, 0.2) is 71.2 Å². The van der Waals surface area contributed by atoms with Crippen molar-refractivity contribution in [3.8, 4) is 11.8 Å². The molecule has 35 heavy (non-hydrogen) atoms. The molecule has 2 fully saturated rings. The van der Waals surface area contributed by atoms with Gasteiger partial charge >= 0.3 is 0 Å². The van der Waals surface area contributed by atoms with E-state index in [0.29, 0.717) is 23.6 Å². The standard InChI is InChI=1S/C29H26BrClN2O2/c1-35-22-10-11-23(26(31)14-22)24-12-13-29(15-18-2-4-19(16-32)5-3-18)25(17-33-28(29)34)27(24)20-6-8-21(30)9-7-20/h2-11,14,24-25,27H,12-13,15,17H2,1H3,(H,33,34). The average Bonchev–Trinajstić information content (AvgIpc) is 3.20. The van der Waals surface area contributed by atoms with Gasteiger partial charge in [-0.25, -0.2) is 0 Å². The summed E-state index contributed by atoms with van der Waals surface area (Å²) >= 11 is 10.4. The van der Waals surface area contributed by atoms with Crippen LogP contribution in [-0.4, -0.2) is 19.6 Å². The van der Waals surface area contributed by atoms with Crippen molar-refractivity contribution in [3.05, 3.63) is 98.5 Å². The Morgan fingerprint density at radius 2 is 1.89 bits per heavy atom. The van der Waals surface area contributed by atoms with Crippen LogP contribution >= 0.6 is 27.5 Å². The van der Waals surface area contributed by atoms with Crippen LogP contribution in [0.3, 0.4) is 0 Å². The first-order valence-electron chi connectivity index (χ1n) is 11.8.